The predicted molar refractivity (Wildman–Crippen MR) is 101 cm³/mol. The van der Waals surface area contributed by atoms with Crippen LogP contribution in [0.15, 0.2) is 42.7 Å². The van der Waals surface area contributed by atoms with Gasteiger partial charge in [0.1, 0.15) is 0 Å². The molecule has 0 spiro atoms. The van der Waals surface area contributed by atoms with Crippen molar-refractivity contribution < 1.29 is 14.3 Å². The van der Waals surface area contributed by atoms with Gasteiger partial charge < -0.3 is 14.4 Å². The molecule has 3 rings (SSSR count). The largest absolute Gasteiger partial charge is 0.493 e. The Bertz CT molecular complexity index is 804. The number of carbonyl (C=O) groups is 1. The van der Waals surface area contributed by atoms with E-state index in [-0.39, 0.29) is 5.91 Å². The molecule has 1 aliphatic carbocycles. The number of pyridine rings is 1. The van der Waals surface area contributed by atoms with Crippen molar-refractivity contribution in [2.24, 2.45) is 0 Å². The Morgan fingerprint density at radius 1 is 1.27 bits per heavy atom. The van der Waals surface area contributed by atoms with E-state index in [4.69, 9.17) is 21.1 Å². The van der Waals surface area contributed by atoms with Gasteiger partial charge in [-0.15, -0.1) is 0 Å². The van der Waals surface area contributed by atoms with Gasteiger partial charge in [-0.1, -0.05) is 11.6 Å². The van der Waals surface area contributed by atoms with Crippen molar-refractivity contribution in [2.45, 2.75) is 25.4 Å². The van der Waals surface area contributed by atoms with Crippen molar-refractivity contribution in [1.29, 1.82) is 0 Å². The molecule has 136 valence electrons. The average molecular weight is 373 g/mol. The Balaban J connectivity index is 1.76. The van der Waals surface area contributed by atoms with Gasteiger partial charge in [0.2, 0.25) is 5.91 Å². The molecule has 1 fully saturated rings. The van der Waals surface area contributed by atoms with Crippen LogP contribution in [0.25, 0.3) is 6.08 Å². The summed E-state index contributed by atoms with van der Waals surface area (Å²) < 4.78 is 10.5. The Hall–Kier alpha value is -2.53. The van der Waals surface area contributed by atoms with Gasteiger partial charge in [0.15, 0.2) is 11.5 Å². The van der Waals surface area contributed by atoms with Gasteiger partial charge in [-0.05, 0) is 54.3 Å². The molecule has 0 radical (unpaired) electrons. The van der Waals surface area contributed by atoms with E-state index in [0.717, 1.165) is 24.0 Å². The number of methoxy groups -OCH3 is 2. The molecule has 0 saturated heterocycles. The maximum Gasteiger partial charge on any atom is 0.247 e. The van der Waals surface area contributed by atoms with Gasteiger partial charge in [-0.3, -0.25) is 9.78 Å². The zero-order valence-electron chi connectivity index (χ0n) is 14.8. The normalized spacial score (nSPS) is 13.7. The molecular formula is C20H21ClN2O3. The summed E-state index contributed by atoms with van der Waals surface area (Å²) in [6.45, 7) is 0.586. The van der Waals surface area contributed by atoms with Crippen LogP contribution in [-0.2, 0) is 11.3 Å². The van der Waals surface area contributed by atoms with Gasteiger partial charge in [-0.25, -0.2) is 0 Å². The number of benzene rings is 1. The molecule has 0 unspecified atom stereocenters. The first-order valence-corrected chi connectivity index (χ1v) is 8.79. The number of aromatic nitrogens is 1. The minimum absolute atomic E-state index is 0.0183. The molecule has 0 atom stereocenters. The van der Waals surface area contributed by atoms with E-state index in [1.54, 1.807) is 43.8 Å². The Morgan fingerprint density at radius 2 is 2.00 bits per heavy atom. The zero-order chi connectivity index (χ0) is 18.5. The fraction of sp³-hybridized carbons (Fsp3) is 0.300. The van der Waals surface area contributed by atoms with Crippen molar-refractivity contribution in [1.82, 2.24) is 9.88 Å². The van der Waals surface area contributed by atoms with Crippen LogP contribution in [0.2, 0.25) is 5.02 Å². The average Bonchev–Trinajstić information content (AvgIpc) is 3.49. The predicted octanol–water partition coefficient (Wildman–Crippen LogP) is 3.96. The van der Waals surface area contributed by atoms with Crippen LogP contribution in [0.5, 0.6) is 11.5 Å². The first kappa shape index (κ1) is 18.3. The molecule has 2 aromatic rings. The van der Waals surface area contributed by atoms with Crippen LogP contribution in [0.4, 0.5) is 0 Å². The van der Waals surface area contributed by atoms with Gasteiger partial charge in [0.25, 0.3) is 0 Å². The van der Waals surface area contributed by atoms with E-state index in [2.05, 4.69) is 4.98 Å². The third-order valence-electron chi connectivity index (χ3n) is 4.25. The lowest BCUT2D eigenvalue weighted by atomic mass is 10.1. The Labute approximate surface area is 158 Å². The van der Waals surface area contributed by atoms with Crippen LogP contribution in [-0.4, -0.2) is 36.1 Å². The lowest BCUT2D eigenvalue weighted by molar-refractivity contribution is -0.127. The van der Waals surface area contributed by atoms with E-state index in [1.807, 2.05) is 17.0 Å². The summed E-state index contributed by atoms with van der Waals surface area (Å²) in [6, 6.07) is 7.71. The lowest BCUT2D eigenvalue weighted by Gasteiger charge is -2.21. The molecule has 1 aliphatic rings. The number of ether oxygens (including phenoxy) is 2. The number of halogens is 1. The van der Waals surface area contributed by atoms with E-state index in [9.17, 15) is 4.79 Å². The first-order valence-electron chi connectivity index (χ1n) is 8.41. The highest BCUT2D eigenvalue weighted by molar-refractivity contribution is 6.32. The van der Waals surface area contributed by atoms with E-state index in [1.165, 1.54) is 7.11 Å². The van der Waals surface area contributed by atoms with Crippen LogP contribution < -0.4 is 9.47 Å². The standard InChI is InChI=1S/C20H21ClN2O3/c1-25-18-12-15(11-17(21)20(18)26-2)3-6-19(24)23(16-4-5-16)13-14-7-9-22-10-8-14/h3,6-12,16H,4-5,13H2,1-2H3/b6-3+. The molecule has 0 N–H and O–H groups in total. The summed E-state index contributed by atoms with van der Waals surface area (Å²) in [5.74, 6) is 0.994. The van der Waals surface area contributed by atoms with Gasteiger partial charge in [-0.2, -0.15) is 0 Å². The molecule has 1 aromatic heterocycles. The highest BCUT2D eigenvalue weighted by Crippen LogP contribution is 2.36. The van der Waals surface area contributed by atoms with Crippen LogP contribution in [0.3, 0.4) is 0 Å². The Morgan fingerprint density at radius 3 is 2.62 bits per heavy atom. The highest BCUT2D eigenvalue weighted by atomic mass is 35.5. The fourth-order valence-electron chi connectivity index (χ4n) is 2.76. The fourth-order valence-corrected chi connectivity index (χ4v) is 3.05. The van der Waals surface area contributed by atoms with Crippen molar-refractivity contribution in [2.75, 3.05) is 14.2 Å². The van der Waals surface area contributed by atoms with Crippen LogP contribution in [0, 0.1) is 0 Å². The van der Waals surface area contributed by atoms with Crippen LogP contribution >= 0.6 is 11.6 Å². The third-order valence-corrected chi connectivity index (χ3v) is 4.53. The molecule has 1 amide bonds. The van der Waals surface area contributed by atoms with Crippen molar-refractivity contribution >= 4 is 23.6 Å². The lowest BCUT2D eigenvalue weighted by Crippen LogP contribution is -2.31. The number of hydrogen-bond donors (Lipinski definition) is 0. The Kier molecular flexibility index (Phi) is 5.78. The summed E-state index contributed by atoms with van der Waals surface area (Å²) in [5, 5.41) is 0.440. The first-order chi connectivity index (χ1) is 12.6. The molecule has 1 aromatic carbocycles. The summed E-state index contributed by atoms with van der Waals surface area (Å²) in [7, 11) is 3.09. The highest BCUT2D eigenvalue weighted by Gasteiger charge is 2.31. The third kappa shape index (κ3) is 4.35. The summed E-state index contributed by atoms with van der Waals surface area (Å²) in [4.78, 5) is 18.6. The zero-order valence-corrected chi connectivity index (χ0v) is 15.6. The van der Waals surface area contributed by atoms with Crippen molar-refractivity contribution in [3.8, 4) is 11.5 Å². The molecule has 0 aliphatic heterocycles. The SMILES string of the molecule is COc1cc(/C=C/C(=O)N(Cc2ccncc2)C2CC2)cc(Cl)c1OC. The molecule has 26 heavy (non-hydrogen) atoms. The molecule has 1 heterocycles. The minimum Gasteiger partial charge on any atom is -0.493 e. The van der Waals surface area contributed by atoms with E-state index < -0.39 is 0 Å². The summed E-state index contributed by atoms with van der Waals surface area (Å²) >= 11 is 6.22. The molecular weight excluding hydrogens is 352 g/mol. The smallest absolute Gasteiger partial charge is 0.247 e. The van der Waals surface area contributed by atoms with Gasteiger partial charge in [0, 0.05) is 31.1 Å². The number of amides is 1. The molecule has 5 nitrogen and oxygen atoms in total. The van der Waals surface area contributed by atoms with Crippen LogP contribution in [0.1, 0.15) is 24.0 Å². The number of rotatable bonds is 7. The molecule has 0 bridgehead atoms. The van der Waals surface area contributed by atoms with Crippen molar-refractivity contribution in [3.05, 3.63) is 58.9 Å². The van der Waals surface area contributed by atoms with Gasteiger partial charge in [0.05, 0.1) is 19.2 Å². The van der Waals surface area contributed by atoms with Crippen molar-refractivity contribution in [3.63, 3.8) is 0 Å². The molecule has 6 heteroatoms. The number of hydrogen-bond acceptors (Lipinski definition) is 4. The maximum atomic E-state index is 12.7. The van der Waals surface area contributed by atoms with E-state index >= 15 is 0 Å². The monoisotopic (exact) mass is 372 g/mol. The maximum absolute atomic E-state index is 12.7. The summed E-state index contributed by atoms with van der Waals surface area (Å²) in [6.07, 6.45) is 8.91. The second-order valence-electron chi connectivity index (χ2n) is 6.12. The number of nitrogens with zero attached hydrogens (tertiary/aromatic N) is 2. The van der Waals surface area contributed by atoms with E-state index in [0.29, 0.717) is 29.1 Å². The topological polar surface area (TPSA) is 51.7 Å². The second-order valence-corrected chi connectivity index (χ2v) is 6.53. The summed E-state index contributed by atoms with van der Waals surface area (Å²) in [5.41, 5.74) is 1.85. The second kappa shape index (κ2) is 8.23. The molecule has 1 saturated carbocycles. The van der Waals surface area contributed by atoms with Gasteiger partial charge >= 0.3 is 0 Å². The quantitative estimate of drug-likeness (QED) is 0.690. The minimum atomic E-state index is -0.0183. The number of carbonyl (C=O) groups excluding carboxylic acids is 1.